The second-order valence-electron chi connectivity index (χ2n) is 15.8. The Hall–Kier alpha value is -4.66. The molecule has 0 radical (unpaired) electrons. The van der Waals surface area contributed by atoms with E-state index >= 15 is 0 Å². The summed E-state index contributed by atoms with van der Waals surface area (Å²) in [6, 6.07) is -0.369. The van der Waals surface area contributed by atoms with Gasteiger partial charge in [-0.25, -0.2) is 0 Å². The van der Waals surface area contributed by atoms with Gasteiger partial charge in [-0.3, -0.25) is 9.59 Å². The number of carbonyl (C=O) groups is 2. The largest absolute Gasteiger partial charge is 0.510 e. The van der Waals surface area contributed by atoms with Crippen LogP contribution < -0.4 is 26.6 Å². The van der Waals surface area contributed by atoms with Crippen LogP contribution >= 0.6 is 0 Å². The lowest BCUT2D eigenvalue weighted by atomic mass is 9.80. The maximum atomic E-state index is 13.5. The summed E-state index contributed by atoms with van der Waals surface area (Å²) >= 11 is 0. The minimum Gasteiger partial charge on any atom is -0.510 e. The van der Waals surface area contributed by atoms with Crippen molar-refractivity contribution in [3.8, 4) is 0 Å². The molecule has 0 aromatic carbocycles. The Morgan fingerprint density at radius 3 is 2.28 bits per heavy atom. The molecule has 3 aromatic rings. The molecule has 2 aliphatic heterocycles. The van der Waals surface area contributed by atoms with Crippen molar-refractivity contribution >= 4 is 41.5 Å². The molecule has 1 saturated heterocycles. The second-order valence-corrected chi connectivity index (χ2v) is 15.8. The number of esters is 2. The first-order valence-corrected chi connectivity index (χ1v) is 19.4. The highest BCUT2D eigenvalue weighted by atomic mass is 16.5. The molecule has 53 heavy (non-hydrogen) atoms. The lowest BCUT2D eigenvalue weighted by molar-refractivity contribution is -0.143. The van der Waals surface area contributed by atoms with E-state index in [2.05, 4.69) is 93.9 Å². The zero-order chi connectivity index (χ0) is 38.3. The molecule has 5 heterocycles. The Kier molecular flexibility index (Phi) is 11.0. The lowest BCUT2D eigenvalue weighted by Crippen LogP contribution is -2.38. The van der Waals surface area contributed by atoms with Gasteiger partial charge in [0.2, 0.25) is 0 Å². The monoisotopic (exact) mass is 722 g/mol. The van der Waals surface area contributed by atoms with E-state index in [1.807, 2.05) is 13.0 Å². The maximum Gasteiger partial charge on any atom is 0.320 e. The summed E-state index contributed by atoms with van der Waals surface area (Å²) in [5.41, 5.74) is 11.5. The first-order valence-electron chi connectivity index (χ1n) is 19.4. The fourth-order valence-corrected chi connectivity index (χ4v) is 8.65. The van der Waals surface area contributed by atoms with Crippen LogP contribution in [0.4, 0.5) is 0 Å². The summed E-state index contributed by atoms with van der Waals surface area (Å²) in [7, 11) is 1.36. The highest BCUT2D eigenvalue weighted by Gasteiger charge is 2.47. The number of aliphatic hydroxyl groups excluding tert-OH is 1. The Morgan fingerprint density at radius 1 is 0.925 bits per heavy atom. The summed E-state index contributed by atoms with van der Waals surface area (Å²) in [5.74, 6) is -1.16. The molecule has 1 unspecified atom stereocenters. The van der Waals surface area contributed by atoms with Crippen molar-refractivity contribution < 1.29 is 24.2 Å². The number of allylic oxidation sites excluding steroid dienone is 2. The van der Waals surface area contributed by atoms with Gasteiger partial charge < -0.3 is 34.8 Å². The van der Waals surface area contributed by atoms with Crippen LogP contribution in [0.2, 0.25) is 0 Å². The van der Waals surface area contributed by atoms with Crippen molar-refractivity contribution in [2.24, 2.45) is 23.7 Å². The third-order valence-electron chi connectivity index (χ3n) is 12.1. The number of aromatic amines is 3. The molecule has 4 atom stereocenters. The van der Waals surface area contributed by atoms with Gasteiger partial charge in [0.15, 0.2) is 0 Å². The summed E-state index contributed by atoms with van der Waals surface area (Å²) in [6.45, 7) is 19.6. The highest BCUT2D eigenvalue weighted by Crippen LogP contribution is 2.42. The molecular formula is C44H58N4O5. The number of nitrogens with one attached hydrogen (secondary N) is 4. The van der Waals surface area contributed by atoms with Gasteiger partial charge >= 0.3 is 11.9 Å². The summed E-state index contributed by atoms with van der Waals surface area (Å²) < 4.78 is 11.0. The average Bonchev–Trinajstić information content (AvgIpc) is 3.85. The van der Waals surface area contributed by atoms with E-state index in [4.69, 9.17) is 9.47 Å². The van der Waals surface area contributed by atoms with Gasteiger partial charge in [-0.15, -0.1) is 0 Å². The zero-order valence-corrected chi connectivity index (χ0v) is 33.2. The molecule has 1 aliphatic carbocycles. The molecule has 9 heteroatoms. The minimum absolute atomic E-state index is 0.000925. The molecule has 284 valence electrons. The summed E-state index contributed by atoms with van der Waals surface area (Å²) in [5, 5.41) is 19.1. The molecule has 0 amide bonds. The van der Waals surface area contributed by atoms with Crippen molar-refractivity contribution in [1.29, 1.82) is 0 Å². The fourth-order valence-electron chi connectivity index (χ4n) is 8.65. The first-order chi connectivity index (χ1) is 25.2. The van der Waals surface area contributed by atoms with Crippen LogP contribution in [0.25, 0.3) is 29.6 Å². The van der Waals surface area contributed by atoms with Crippen LogP contribution in [0.3, 0.4) is 0 Å². The molecule has 3 aliphatic rings. The fraction of sp³-hybridized carbons (Fsp3) is 0.500. The van der Waals surface area contributed by atoms with Crippen LogP contribution in [-0.4, -0.2) is 51.8 Å². The van der Waals surface area contributed by atoms with Crippen molar-refractivity contribution in [3.05, 3.63) is 83.5 Å². The number of fused-ring (bicyclic) bond motifs is 8. The molecule has 0 saturated carbocycles. The van der Waals surface area contributed by atoms with E-state index in [9.17, 15) is 14.7 Å². The number of aliphatic hydroxyl groups is 1. The number of methoxy groups -OCH3 is 1. The molecular weight excluding hydrogens is 665 g/mol. The molecule has 5 N–H and O–H groups in total. The molecule has 0 spiro atoms. The number of hydrogen-bond acceptors (Lipinski definition) is 6. The van der Waals surface area contributed by atoms with Gasteiger partial charge in [-0.05, 0) is 130 Å². The van der Waals surface area contributed by atoms with Gasteiger partial charge in [0, 0.05) is 51.0 Å². The Bertz CT molecular complexity index is 2240. The molecule has 6 rings (SSSR count). The maximum absolute atomic E-state index is 13.5. The molecule has 1 fully saturated rings. The smallest absolute Gasteiger partial charge is 0.320 e. The zero-order valence-electron chi connectivity index (χ0n) is 33.2. The standard InChI is InChI=1S/C44H58N4O5/c1-11-29-26(7)33-19-31-24(5)25(6)32(45-31)20-34-27(8)30(15-16-37(49)53-18-17-23(4)14-12-13-22(2)3)41(47-34)39-40(44(51)52-10)43(50)38-28(9)35(48-42(38)39)21-36(29)46-33/h17,19-22,27,30,40-41,45-48,50H,11-16,18H2,1-10H3/b23-17+,33-19-,34-20-,36-21-/t27-,30-,40+,41?/m0/s1. The average molecular weight is 723 g/mol. The van der Waals surface area contributed by atoms with Gasteiger partial charge in [-0.1, -0.05) is 39.7 Å². The normalized spacial score (nSPS) is 22.9. The van der Waals surface area contributed by atoms with E-state index in [1.165, 1.54) is 35.8 Å². The van der Waals surface area contributed by atoms with Crippen molar-refractivity contribution in [2.75, 3.05) is 13.7 Å². The quantitative estimate of drug-likeness (QED) is 0.133. The number of hydrogen-bond donors (Lipinski definition) is 5. The van der Waals surface area contributed by atoms with Crippen molar-refractivity contribution in [3.63, 3.8) is 0 Å². The van der Waals surface area contributed by atoms with E-state index in [0.717, 1.165) is 74.8 Å². The van der Waals surface area contributed by atoms with Crippen LogP contribution in [0.1, 0.15) is 112 Å². The van der Waals surface area contributed by atoms with Crippen LogP contribution in [0.15, 0.2) is 17.3 Å². The Labute approximate surface area is 313 Å². The predicted octanol–water partition coefficient (Wildman–Crippen LogP) is 5.42. The van der Waals surface area contributed by atoms with E-state index < -0.39 is 11.9 Å². The second kappa shape index (κ2) is 15.4. The highest BCUT2D eigenvalue weighted by molar-refractivity contribution is 5.95. The molecule has 8 bridgehead atoms. The number of rotatable bonds is 11. The topological polar surface area (TPSA) is 132 Å². The number of H-pyrrole nitrogens is 3. The van der Waals surface area contributed by atoms with Crippen LogP contribution in [-0.2, 0) is 25.5 Å². The predicted molar refractivity (Wildman–Crippen MR) is 211 cm³/mol. The molecule has 9 nitrogen and oxygen atoms in total. The molecule has 3 aromatic heterocycles. The third-order valence-corrected chi connectivity index (χ3v) is 12.1. The minimum atomic E-state index is -0.976. The van der Waals surface area contributed by atoms with Crippen molar-refractivity contribution in [2.45, 2.75) is 107 Å². The lowest BCUT2D eigenvalue weighted by Gasteiger charge is -2.26. The number of ether oxygens (including phenoxy) is 2. The van der Waals surface area contributed by atoms with Crippen molar-refractivity contribution in [1.82, 2.24) is 20.3 Å². The Morgan fingerprint density at radius 2 is 1.60 bits per heavy atom. The van der Waals surface area contributed by atoms with Crippen LogP contribution in [0, 0.1) is 51.4 Å². The van der Waals surface area contributed by atoms with E-state index in [0.29, 0.717) is 17.6 Å². The van der Waals surface area contributed by atoms with Crippen LogP contribution in [0.5, 0.6) is 0 Å². The third kappa shape index (κ3) is 7.19. The van der Waals surface area contributed by atoms with Gasteiger partial charge in [0.25, 0.3) is 0 Å². The van der Waals surface area contributed by atoms with E-state index in [1.54, 1.807) is 0 Å². The van der Waals surface area contributed by atoms with Gasteiger partial charge in [0.1, 0.15) is 18.3 Å². The van der Waals surface area contributed by atoms with Gasteiger partial charge in [-0.2, -0.15) is 0 Å². The number of carbonyl (C=O) groups excluding carboxylic acids is 2. The summed E-state index contributed by atoms with van der Waals surface area (Å²) in [4.78, 5) is 37.7. The summed E-state index contributed by atoms with van der Waals surface area (Å²) in [6.07, 6.45) is 13.4. The van der Waals surface area contributed by atoms with E-state index in [-0.39, 0.29) is 42.6 Å². The SMILES string of the molecule is CCc1c(C)/c2[nH]/c1=C\c1[nH]c3c(c1C)=C(O)[C@H](C(=O)OC)C=3C1N/C(=C\c3[nH]c(c(C)c3C)\C=2)[C@@H](C)[C@@H]1CCC(=O)OC/C=C(\C)CCCC(C)C. The number of aromatic nitrogens is 3. The Balaban J connectivity index is 1.45. The first kappa shape index (κ1) is 38.1. The van der Waals surface area contributed by atoms with Gasteiger partial charge in [0.05, 0.1) is 18.5 Å².